The van der Waals surface area contributed by atoms with Crippen LogP contribution in [0.2, 0.25) is 5.15 Å². The molecule has 0 bridgehead atoms. The summed E-state index contributed by atoms with van der Waals surface area (Å²) in [5.41, 5.74) is 0.922. The fourth-order valence-electron chi connectivity index (χ4n) is 2.60. The third-order valence-corrected chi connectivity index (χ3v) is 4.31. The third-order valence-electron chi connectivity index (χ3n) is 4.01. The van der Waals surface area contributed by atoms with Gasteiger partial charge in [0.05, 0.1) is 17.2 Å². The lowest BCUT2D eigenvalue weighted by molar-refractivity contribution is -0.385. The number of nitro groups is 1. The number of nitrogens with one attached hydrogen (secondary N) is 1. The van der Waals surface area contributed by atoms with Gasteiger partial charge in [0.15, 0.2) is 18.1 Å². The van der Waals surface area contributed by atoms with Crippen LogP contribution in [0.1, 0.15) is 18.1 Å². The zero-order valence-electron chi connectivity index (χ0n) is 15.7. The van der Waals surface area contributed by atoms with Crippen molar-refractivity contribution in [3.8, 4) is 5.75 Å². The lowest BCUT2D eigenvalue weighted by Crippen LogP contribution is -2.29. The van der Waals surface area contributed by atoms with Crippen molar-refractivity contribution in [1.29, 1.82) is 0 Å². The number of carbonyl (C=O) groups excluding carboxylic acids is 2. The number of nitrogens with zero attached hydrogens (tertiary/aromatic N) is 2. The van der Waals surface area contributed by atoms with Crippen LogP contribution in [0.4, 0.5) is 11.4 Å². The van der Waals surface area contributed by atoms with Crippen LogP contribution in [0.3, 0.4) is 0 Å². The first-order valence-electron chi connectivity index (χ1n) is 8.67. The normalized spacial score (nSPS) is 13.8. The number of benzene rings is 1. The molecule has 2 heterocycles. The largest absolute Gasteiger partial charge is 0.467 e. The lowest BCUT2D eigenvalue weighted by atomic mass is 10.1. The molecule has 11 heteroatoms. The fraction of sp³-hybridized carbons (Fsp3) is 0.211. The van der Waals surface area contributed by atoms with E-state index in [9.17, 15) is 19.7 Å². The Bertz CT molecular complexity index is 1030. The minimum absolute atomic E-state index is 0.00972. The molecule has 0 saturated heterocycles. The average molecular weight is 434 g/mol. The summed E-state index contributed by atoms with van der Waals surface area (Å²) in [5.74, 6) is -1.03. The maximum Gasteiger partial charge on any atom is 0.331 e. The smallest absolute Gasteiger partial charge is 0.331 e. The second-order valence-electron chi connectivity index (χ2n) is 6.13. The van der Waals surface area contributed by atoms with Crippen molar-refractivity contribution in [2.75, 3.05) is 12.1 Å². The number of hydrogen-bond acceptors (Lipinski definition) is 8. The quantitative estimate of drug-likeness (QED) is 0.242. The van der Waals surface area contributed by atoms with Gasteiger partial charge in [-0.05, 0) is 25.1 Å². The molecule has 0 spiro atoms. The molecule has 156 valence electrons. The Morgan fingerprint density at radius 2 is 2.23 bits per heavy atom. The molecule has 1 aromatic carbocycles. The van der Waals surface area contributed by atoms with Crippen LogP contribution in [0.15, 0.2) is 36.5 Å². The number of halogens is 1. The van der Waals surface area contributed by atoms with Crippen molar-refractivity contribution in [2.24, 2.45) is 0 Å². The summed E-state index contributed by atoms with van der Waals surface area (Å²) < 4.78 is 15.6. The number of pyridine rings is 1. The molecule has 1 amide bonds. The number of anilines is 1. The SMILES string of the molecule is CC(OC(=O)C=Cc1cc([N+](=O)[O-])cc2c1OCOC2)C(=O)Nc1cccnc1Cl. The number of esters is 1. The van der Waals surface area contributed by atoms with Gasteiger partial charge in [0, 0.05) is 35.5 Å². The number of non-ortho nitro benzene ring substituents is 1. The van der Waals surface area contributed by atoms with Crippen molar-refractivity contribution in [2.45, 2.75) is 19.6 Å². The first-order valence-corrected chi connectivity index (χ1v) is 9.05. The van der Waals surface area contributed by atoms with Gasteiger partial charge in [-0.15, -0.1) is 0 Å². The Kier molecular flexibility index (Phi) is 6.60. The Balaban J connectivity index is 1.68. The fourth-order valence-corrected chi connectivity index (χ4v) is 2.77. The number of fused-ring (bicyclic) bond motifs is 1. The van der Waals surface area contributed by atoms with Crippen LogP contribution in [-0.2, 0) is 25.7 Å². The Hall–Kier alpha value is -3.50. The van der Waals surface area contributed by atoms with Crippen molar-refractivity contribution in [3.05, 3.63) is 62.9 Å². The van der Waals surface area contributed by atoms with E-state index in [4.69, 9.17) is 25.8 Å². The van der Waals surface area contributed by atoms with Gasteiger partial charge < -0.3 is 19.5 Å². The van der Waals surface area contributed by atoms with E-state index < -0.39 is 22.9 Å². The number of rotatable bonds is 6. The predicted octanol–water partition coefficient (Wildman–Crippen LogP) is 3.09. The van der Waals surface area contributed by atoms with E-state index in [1.165, 1.54) is 31.3 Å². The van der Waals surface area contributed by atoms with Gasteiger partial charge in [0.1, 0.15) is 5.75 Å². The van der Waals surface area contributed by atoms with E-state index in [2.05, 4.69) is 10.3 Å². The Morgan fingerprint density at radius 1 is 1.43 bits per heavy atom. The molecule has 0 fully saturated rings. The van der Waals surface area contributed by atoms with E-state index in [0.717, 1.165) is 6.08 Å². The topological polar surface area (TPSA) is 130 Å². The molecular weight excluding hydrogens is 418 g/mol. The first kappa shape index (κ1) is 21.2. The molecule has 0 saturated carbocycles. The molecule has 10 nitrogen and oxygen atoms in total. The summed E-state index contributed by atoms with van der Waals surface area (Å²) in [6, 6.07) is 5.76. The summed E-state index contributed by atoms with van der Waals surface area (Å²) >= 11 is 5.88. The molecule has 1 atom stereocenters. The number of amides is 1. The van der Waals surface area contributed by atoms with Crippen LogP contribution in [0.25, 0.3) is 6.08 Å². The number of carbonyl (C=O) groups is 2. The predicted molar refractivity (Wildman–Crippen MR) is 106 cm³/mol. The number of nitro benzene ring substituents is 1. The zero-order valence-corrected chi connectivity index (χ0v) is 16.4. The second-order valence-corrected chi connectivity index (χ2v) is 6.49. The van der Waals surface area contributed by atoms with E-state index >= 15 is 0 Å². The minimum Gasteiger partial charge on any atom is -0.467 e. The van der Waals surface area contributed by atoms with Gasteiger partial charge in [-0.1, -0.05) is 11.6 Å². The number of hydrogen-bond donors (Lipinski definition) is 1. The molecular formula is C19H16ClN3O7. The van der Waals surface area contributed by atoms with Gasteiger partial charge in [-0.25, -0.2) is 9.78 Å². The number of aromatic nitrogens is 1. The molecule has 30 heavy (non-hydrogen) atoms. The van der Waals surface area contributed by atoms with E-state index in [1.807, 2.05) is 0 Å². The van der Waals surface area contributed by atoms with Crippen molar-refractivity contribution in [3.63, 3.8) is 0 Å². The third kappa shape index (κ3) is 5.10. The van der Waals surface area contributed by atoms with Gasteiger partial charge in [-0.2, -0.15) is 0 Å². The Morgan fingerprint density at radius 3 is 2.97 bits per heavy atom. The van der Waals surface area contributed by atoms with Crippen LogP contribution in [-0.4, -0.2) is 34.7 Å². The molecule has 1 aliphatic rings. The molecule has 0 radical (unpaired) electrons. The van der Waals surface area contributed by atoms with Crippen LogP contribution < -0.4 is 10.1 Å². The second kappa shape index (κ2) is 9.33. The highest BCUT2D eigenvalue weighted by Gasteiger charge is 2.21. The minimum atomic E-state index is -1.12. The highest BCUT2D eigenvalue weighted by molar-refractivity contribution is 6.32. The van der Waals surface area contributed by atoms with Gasteiger partial charge in [0.2, 0.25) is 0 Å². The van der Waals surface area contributed by atoms with Crippen molar-refractivity contribution in [1.82, 2.24) is 4.98 Å². The lowest BCUT2D eigenvalue weighted by Gasteiger charge is -2.19. The molecule has 2 aromatic rings. The molecule has 1 aliphatic heterocycles. The molecule has 3 rings (SSSR count). The van der Waals surface area contributed by atoms with Crippen molar-refractivity contribution >= 4 is 40.9 Å². The summed E-state index contributed by atoms with van der Waals surface area (Å²) in [7, 11) is 0. The van der Waals surface area contributed by atoms with Crippen LogP contribution >= 0.6 is 11.6 Å². The first-order chi connectivity index (χ1) is 14.3. The molecule has 0 aliphatic carbocycles. The average Bonchev–Trinajstić information content (AvgIpc) is 2.73. The maximum atomic E-state index is 12.2. The molecule has 1 aromatic heterocycles. The summed E-state index contributed by atoms with van der Waals surface area (Å²) in [6.07, 6.45) is 2.72. The molecule has 1 unspecified atom stereocenters. The van der Waals surface area contributed by atoms with Gasteiger partial charge in [0.25, 0.3) is 11.6 Å². The monoisotopic (exact) mass is 433 g/mol. The van der Waals surface area contributed by atoms with Gasteiger partial charge in [-0.3, -0.25) is 14.9 Å². The summed E-state index contributed by atoms with van der Waals surface area (Å²) in [4.78, 5) is 38.7. The summed E-state index contributed by atoms with van der Waals surface area (Å²) in [5, 5.41) is 13.7. The van der Waals surface area contributed by atoms with Crippen LogP contribution in [0, 0.1) is 10.1 Å². The highest BCUT2D eigenvalue weighted by atomic mass is 35.5. The zero-order chi connectivity index (χ0) is 21.7. The van der Waals surface area contributed by atoms with E-state index in [1.54, 1.807) is 12.1 Å². The van der Waals surface area contributed by atoms with Crippen LogP contribution in [0.5, 0.6) is 5.75 Å². The van der Waals surface area contributed by atoms with E-state index in [0.29, 0.717) is 16.9 Å². The van der Waals surface area contributed by atoms with E-state index in [-0.39, 0.29) is 29.9 Å². The summed E-state index contributed by atoms with van der Waals surface area (Å²) in [6.45, 7) is 1.53. The highest BCUT2D eigenvalue weighted by Crippen LogP contribution is 2.33. The Labute approximate surface area is 175 Å². The number of ether oxygens (including phenoxy) is 3. The maximum absolute atomic E-state index is 12.2. The standard InChI is InChI=1S/C19H16ClN3O7/c1-11(19(25)22-15-3-2-6-21-18(15)20)30-16(24)5-4-12-7-14(23(26)27)8-13-9-28-10-29-17(12)13/h2-8,11H,9-10H2,1H3,(H,22,25). The van der Waals surface area contributed by atoms with Gasteiger partial charge >= 0.3 is 5.97 Å². The molecule has 1 N–H and O–H groups in total. The van der Waals surface area contributed by atoms with Crippen molar-refractivity contribution < 1.29 is 28.7 Å².